The lowest BCUT2D eigenvalue weighted by atomic mass is 9.97. The SMILES string of the molecule is CC(C)(O)c1ccc(C(=O)Nc2ccccc2CO)c(F)c1. The van der Waals surface area contributed by atoms with Gasteiger partial charge in [0.15, 0.2) is 0 Å². The van der Waals surface area contributed by atoms with Crippen LogP contribution in [0.25, 0.3) is 0 Å². The van der Waals surface area contributed by atoms with Gasteiger partial charge in [0.25, 0.3) is 5.91 Å². The Labute approximate surface area is 128 Å². The van der Waals surface area contributed by atoms with Gasteiger partial charge < -0.3 is 15.5 Å². The minimum atomic E-state index is -1.18. The van der Waals surface area contributed by atoms with Crippen molar-refractivity contribution >= 4 is 11.6 Å². The van der Waals surface area contributed by atoms with E-state index in [9.17, 15) is 19.4 Å². The van der Waals surface area contributed by atoms with Gasteiger partial charge >= 0.3 is 0 Å². The number of halogens is 1. The molecule has 2 aromatic carbocycles. The molecule has 0 saturated heterocycles. The monoisotopic (exact) mass is 303 g/mol. The fraction of sp³-hybridized carbons (Fsp3) is 0.235. The van der Waals surface area contributed by atoms with Crippen molar-refractivity contribution in [3.05, 3.63) is 65.0 Å². The predicted octanol–water partition coefficient (Wildman–Crippen LogP) is 2.80. The van der Waals surface area contributed by atoms with E-state index in [1.807, 2.05) is 0 Å². The molecule has 5 heteroatoms. The van der Waals surface area contributed by atoms with E-state index in [-0.39, 0.29) is 12.2 Å². The average Bonchev–Trinajstić information content (AvgIpc) is 2.46. The fourth-order valence-electron chi connectivity index (χ4n) is 2.05. The van der Waals surface area contributed by atoms with E-state index in [2.05, 4.69) is 5.32 Å². The summed E-state index contributed by atoms with van der Waals surface area (Å²) in [6, 6.07) is 10.7. The fourth-order valence-corrected chi connectivity index (χ4v) is 2.05. The molecule has 4 nitrogen and oxygen atoms in total. The maximum atomic E-state index is 14.1. The summed E-state index contributed by atoms with van der Waals surface area (Å²) in [7, 11) is 0. The number of para-hydroxylation sites is 1. The second-order valence-electron chi connectivity index (χ2n) is 5.52. The van der Waals surface area contributed by atoms with E-state index >= 15 is 0 Å². The summed E-state index contributed by atoms with van der Waals surface area (Å²) in [5, 5.41) is 21.7. The third-order valence-electron chi connectivity index (χ3n) is 3.36. The molecule has 0 aromatic heterocycles. The van der Waals surface area contributed by atoms with Gasteiger partial charge in [-0.1, -0.05) is 24.3 Å². The predicted molar refractivity (Wildman–Crippen MR) is 82.0 cm³/mol. The molecule has 0 heterocycles. The van der Waals surface area contributed by atoms with Crippen LogP contribution in [0.2, 0.25) is 0 Å². The Bertz CT molecular complexity index is 693. The van der Waals surface area contributed by atoms with E-state index in [4.69, 9.17) is 0 Å². The number of benzene rings is 2. The minimum Gasteiger partial charge on any atom is -0.392 e. The van der Waals surface area contributed by atoms with Crippen LogP contribution >= 0.6 is 0 Å². The third kappa shape index (κ3) is 3.50. The van der Waals surface area contributed by atoms with Gasteiger partial charge in [-0.15, -0.1) is 0 Å². The number of nitrogens with one attached hydrogen (secondary N) is 1. The molecule has 0 saturated carbocycles. The van der Waals surface area contributed by atoms with Crippen molar-refractivity contribution in [2.45, 2.75) is 26.1 Å². The number of carbonyl (C=O) groups is 1. The lowest BCUT2D eigenvalue weighted by Gasteiger charge is -2.18. The average molecular weight is 303 g/mol. The lowest BCUT2D eigenvalue weighted by molar-refractivity contribution is 0.0780. The molecule has 0 fully saturated rings. The third-order valence-corrected chi connectivity index (χ3v) is 3.36. The highest BCUT2D eigenvalue weighted by atomic mass is 19.1. The van der Waals surface area contributed by atoms with Crippen LogP contribution in [0.3, 0.4) is 0 Å². The molecule has 22 heavy (non-hydrogen) atoms. The molecule has 0 unspecified atom stereocenters. The Morgan fingerprint density at radius 2 is 1.91 bits per heavy atom. The Kier molecular flexibility index (Phi) is 4.59. The first-order chi connectivity index (χ1) is 10.3. The largest absolute Gasteiger partial charge is 0.392 e. The summed E-state index contributed by atoms with van der Waals surface area (Å²) in [6.07, 6.45) is 0. The van der Waals surface area contributed by atoms with Gasteiger partial charge in [-0.25, -0.2) is 4.39 Å². The normalized spacial score (nSPS) is 11.3. The lowest BCUT2D eigenvalue weighted by Crippen LogP contribution is -2.18. The highest BCUT2D eigenvalue weighted by Gasteiger charge is 2.20. The Balaban J connectivity index is 2.27. The van der Waals surface area contributed by atoms with Crippen LogP contribution in [-0.4, -0.2) is 16.1 Å². The molecule has 0 radical (unpaired) electrons. The molecular weight excluding hydrogens is 285 g/mol. The first kappa shape index (κ1) is 16.1. The first-order valence-electron chi connectivity index (χ1n) is 6.85. The number of anilines is 1. The zero-order valence-corrected chi connectivity index (χ0v) is 12.4. The van der Waals surface area contributed by atoms with Crippen LogP contribution in [0, 0.1) is 5.82 Å². The Morgan fingerprint density at radius 1 is 1.23 bits per heavy atom. The number of carbonyl (C=O) groups excluding carboxylic acids is 1. The molecule has 0 aliphatic heterocycles. The first-order valence-corrected chi connectivity index (χ1v) is 6.85. The molecule has 0 atom stereocenters. The van der Waals surface area contributed by atoms with Crippen LogP contribution in [0.4, 0.5) is 10.1 Å². The zero-order valence-electron chi connectivity index (χ0n) is 12.4. The summed E-state index contributed by atoms with van der Waals surface area (Å²) >= 11 is 0. The van der Waals surface area contributed by atoms with E-state index in [0.717, 1.165) is 6.07 Å². The summed E-state index contributed by atoms with van der Waals surface area (Å²) in [5.74, 6) is -1.32. The van der Waals surface area contributed by atoms with Crippen molar-refractivity contribution in [1.29, 1.82) is 0 Å². The molecule has 0 spiro atoms. The molecule has 116 valence electrons. The summed E-state index contributed by atoms with van der Waals surface area (Å²) in [4.78, 5) is 12.2. The van der Waals surface area contributed by atoms with Crippen LogP contribution in [0.15, 0.2) is 42.5 Å². The standard InChI is InChI=1S/C17H18FNO3/c1-17(2,22)12-7-8-13(14(18)9-12)16(21)19-15-6-4-3-5-11(15)10-20/h3-9,20,22H,10H2,1-2H3,(H,19,21). The van der Waals surface area contributed by atoms with Gasteiger partial charge in [0.05, 0.1) is 17.8 Å². The summed E-state index contributed by atoms with van der Waals surface area (Å²) < 4.78 is 14.1. The van der Waals surface area contributed by atoms with Gasteiger partial charge in [0.1, 0.15) is 5.82 Å². The molecule has 0 aliphatic rings. The molecule has 2 rings (SSSR count). The van der Waals surface area contributed by atoms with Crippen LogP contribution in [0.5, 0.6) is 0 Å². The number of amides is 1. The molecular formula is C17H18FNO3. The van der Waals surface area contributed by atoms with Crippen LogP contribution in [0.1, 0.15) is 35.3 Å². The molecule has 3 N–H and O–H groups in total. The van der Waals surface area contributed by atoms with Crippen molar-refractivity contribution in [2.24, 2.45) is 0 Å². The summed E-state index contributed by atoms with van der Waals surface area (Å²) in [5.41, 5.74) is 0.0580. The van der Waals surface area contributed by atoms with Crippen molar-refractivity contribution in [1.82, 2.24) is 0 Å². The number of aliphatic hydroxyl groups is 2. The Hall–Kier alpha value is -2.24. The second kappa shape index (κ2) is 6.25. The molecule has 1 amide bonds. The molecule has 0 bridgehead atoms. The van der Waals surface area contributed by atoms with Crippen molar-refractivity contribution in [3.8, 4) is 0 Å². The van der Waals surface area contributed by atoms with Crippen molar-refractivity contribution in [2.75, 3.05) is 5.32 Å². The van der Waals surface area contributed by atoms with E-state index in [1.54, 1.807) is 38.1 Å². The second-order valence-corrected chi connectivity index (χ2v) is 5.52. The highest BCUT2D eigenvalue weighted by Crippen LogP contribution is 2.23. The van der Waals surface area contributed by atoms with Crippen molar-refractivity contribution < 1.29 is 19.4 Å². The Morgan fingerprint density at radius 3 is 2.50 bits per heavy atom. The summed E-state index contributed by atoms with van der Waals surface area (Å²) in [6.45, 7) is 2.86. The van der Waals surface area contributed by atoms with Gasteiger partial charge in [0, 0.05) is 11.3 Å². The van der Waals surface area contributed by atoms with Gasteiger partial charge in [-0.05, 0) is 37.6 Å². The zero-order chi connectivity index (χ0) is 16.3. The van der Waals surface area contributed by atoms with Crippen LogP contribution in [-0.2, 0) is 12.2 Å². The smallest absolute Gasteiger partial charge is 0.258 e. The van der Waals surface area contributed by atoms with Gasteiger partial charge in [0.2, 0.25) is 0 Å². The molecule has 2 aromatic rings. The maximum Gasteiger partial charge on any atom is 0.258 e. The number of rotatable bonds is 4. The number of hydrogen-bond donors (Lipinski definition) is 3. The van der Waals surface area contributed by atoms with Gasteiger partial charge in [-0.2, -0.15) is 0 Å². The molecule has 0 aliphatic carbocycles. The quantitative estimate of drug-likeness (QED) is 0.813. The topological polar surface area (TPSA) is 69.6 Å². The minimum absolute atomic E-state index is 0.124. The van der Waals surface area contributed by atoms with E-state index < -0.39 is 17.3 Å². The highest BCUT2D eigenvalue weighted by molar-refractivity contribution is 6.04. The van der Waals surface area contributed by atoms with Crippen LogP contribution < -0.4 is 5.32 Å². The van der Waals surface area contributed by atoms with Crippen molar-refractivity contribution in [3.63, 3.8) is 0 Å². The van der Waals surface area contributed by atoms with E-state index in [1.165, 1.54) is 12.1 Å². The number of aliphatic hydroxyl groups excluding tert-OH is 1. The number of hydrogen-bond acceptors (Lipinski definition) is 3. The maximum absolute atomic E-state index is 14.1. The van der Waals surface area contributed by atoms with E-state index in [0.29, 0.717) is 16.8 Å². The van der Waals surface area contributed by atoms with Gasteiger partial charge in [-0.3, -0.25) is 4.79 Å².